The molecular formula is C18H18Cl2F3NO. The van der Waals surface area contributed by atoms with Crippen LogP contribution < -0.4 is 5.32 Å². The zero-order valence-corrected chi connectivity index (χ0v) is 14.8. The molecule has 7 heteroatoms. The maximum Gasteiger partial charge on any atom is 0.416 e. The van der Waals surface area contributed by atoms with Crippen LogP contribution in [0.2, 0.25) is 0 Å². The minimum Gasteiger partial charge on any atom is -0.326 e. The molecule has 0 saturated heterocycles. The lowest BCUT2D eigenvalue weighted by atomic mass is 10.0. The van der Waals surface area contributed by atoms with E-state index in [0.29, 0.717) is 23.7 Å². The molecular weight excluding hydrogens is 374 g/mol. The average molecular weight is 392 g/mol. The SMILES string of the molecule is O=C(Nc1cccc(C(F)(F)F)c1)C1[C@@H]2CC[C@@H]3[C@@H](CC[C@@H]12)C3(Cl)Cl. The predicted molar refractivity (Wildman–Crippen MR) is 90.4 cm³/mol. The Morgan fingerprint density at radius 2 is 1.68 bits per heavy atom. The van der Waals surface area contributed by atoms with Gasteiger partial charge in [0.1, 0.15) is 4.33 Å². The first-order valence-electron chi connectivity index (χ1n) is 8.55. The van der Waals surface area contributed by atoms with E-state index < -0.39 is 16.1 Å². The molecule has 0 heterocycles. The second kappa shape index (κ2) is 5.78. The zero-order valence-electron chi connectivity index (χ0n) is 13.3. The van der Waals surface area contributed by atoms with E-state index in [1.807, 2.05) is 0 Å². The first-order valence-corrected chi connectivity index (χ1v) is 9.31. The van der Waals surface area contributed by atoms with Gasteiger partial charge in [0.25, 0.3) is 0 Å². The Kier molecular flexibility index (Phi) is 4.04. The van der Waals surface area contributed by atoms with Gasteiger partial charge in [-0.1, -0.05) is 6.07 Å². The van der Waals surface area contributed by atoms with Gasteiger partial charge >= 0.3 is 6.18 Å². The van der Waals surface area contributed by atoms with E-state index in [9.17, 15) is 18.0 Å². The van der Waals surface area contributed by atoms with Crippen LogP contribution in [0, 0.1) is 29.6 Å². The summed E-state index contributed by atoms with van der Waals surface area (Å²) in [4.78, 5) is 12.5. The summed E-state index contributed by atoms with van der Waals surface area (Å²) in [6.45, 7) is 0. The molecule has 0 spiro atoms. The molecule has 0 unspecified atom stereocenters. The highest BCUT2D eigenvalue weighted by Gasteiger charge is 2.65. The van der Waals surface area contributed by atoms with Gasteiger partial charge in [-0.25, -0.2) is 0 Å². The summed E-state index contributed by atoms with van der Waals surface area (Å²) in [5, 5.41) is 2.66. The van der Waals surface area contributed by atoms with Crippen molar-refractivity contribution in [3.8, 4) is 0 Å². The molecule has 25 heavy (non-hydrogen) atoms. The highest BCUT2D eigenvalue weighted by molar-refractivity contribution is 6.51. The van der Waals surface area contributed by atoms with Crippen LogP contribution in [0.4, 0.5) is 18.9 Å². The van der Waals surface area contributed by atoms with Crippen molar-refractivity contribution in [3.63, 3.8) is 0 Å². The quantitative estimate of drug-likeness (QED) is 0.662. The first-order chi connectivity index (χ1) is 11.7. The van der Waals surface area contributed by atoms with Crippen molar-refractivity contribution in [2.24, 2.45) is 29.6 Å². The molecule has 1 N–H and O–H groups in total. The number of carbonyl (C=O) groups excluding carboxylic acids is 1. The number of benzene rings is 1. The summed E-state index contributed by atoms with van der Waals surface area (Å²) in [5.74, 6) is 0.974. The molecule has 3 aliphatic rings. The fourth-order valence-corrected chi connectivity index (χ4v) is 5.53. The molecule has 0 radical (unpaired) electrons. The van der Waals surface area contributed by atoms with Crippen LogP contribution in [-0.2, 0) is 11.0 Å². The van der Waals surface area contributed by atoms with Crippen LogP contribution in [0.5, 0.6) is 0 Å². The Bertz CT molecular complexity index is 684. The zero-order chi connectivity index (χ0) is 18.0. The molecule has 2 nitrogen and oxygen atoms in total. The smallest absolute Gasteiger partial charge is 0.326 e. The Balaban J connectivity index is 1.39. The summed E-state index contributed by atoms with van der Waals surface area (Å²) in [6, 6.07) is 4.77. The topological polar surface area (TPSA) is 29.1 Å². The Morgan fingerprint density at radius 1 is 1.08 bits per heavy atom. The molecule has 1 aromatic rings. The third-order valence-electron chi connectivity index (χ3n) is 6.08. The largest absolute Gasteiger partial charge is 0.416 e. The Morgan fingerprint density at radius 3 is 2.24 bits per heavy atom. The lowest BCUT2D eigenvalue weighted by Gasteiger charge is -2.10. The standard InChI is InChI=1S/C18H18Cl2F3NO/c19-17(20)13-6-4-11-12(5-7-14(13)17)15(11)16(25)24-10-3-1-2-9(8-10)18(21,22)23/h1-3,8,11-15H,4-7H2,(H,24,25)/t11-,12-,13-,14-/m1/s1. The van der Waals surface area contributed by atoms with Crippen LogP contribution in [0.25, 0.3) is 0 Å². The lowest BCUT2D eigenvalue weighted by molar-refractivity contribution is -0.137. The highest BCUT2D eigenvalue weighted by atomic mass is 35.5. The Labute approximate surface area is 154 Å². The molecule has 0 aliphatic heterocycles. The van der Waals surface area contributed by atoms with E-state index in [1.165, 1.54) is 12.1 Å². The molecule has 3 saturated carbocycles. The minimum atomic E-state index is -4.42. The molecule has 0 bridgehead atoms. The van der Waals surface area contributed by atoms with E-state index in [0.717, 1.165) is 37.8 Å². The van der Waals surface area contributed by atoms with Crippen LogP contribution in [0.3, 0.4) is 0 Å². The summed E-state index contributed by atoms with van der Waals surface area (Å²) < 4.78 is 37.7. The Hall–Kier alpha value is -0.940. The number of amides is 1. The molecule has 136 valence electrons. The number of anilines is 1. The van der Waals surface area contributed by atoms with Gasteiger partial charge in [0, 0.05) is 11.6 Å². The van der Waals surface area contributed by atoms with Gasteiger partial charge in [-0.3, -0.25) is 4.79 Å². The second-order valence-corrected chi connectivity index (χ2v) is 8.91. The van der Waals surface area contributed by atoms with Crippen molar-refractivity contribution >= 4 is 34.8 Å². The maximum absolute atomic E-state index is 12.8. The van der Waals surface area contributed by atoms with Crippen LogP contribution >= 0.6 is 23.2 Å². The minimum absolute atomic E-state index is 0.105. The maximum atomic E-state index is 12.8. The fourth-order valence-electron chi connectivity index (χ4n) is 4.61. The third-order valence-corrected chi connectivity index (χ3v) is 7.20. The predicted octanol–water partition coefficient (Wildman–Crippen LogP) is 5.50. The monoisotopic (exact) mass is 391 g/mol. The summed E-state index contributed by atoms with van der Waals surface area (Å²) >= 11 is 12.5. The number of fused-ring (bicyclic) bond motifs is 2. The van der Waals surface area contributed by atoms with E-state index in [4.69, 9.17) is 23.2 Å². The van der Waals surface area contributed by atoms with E-state index in [1.54, 1.807) is 0 Å². The van der Waals surface area contributed by atoms with E-state index in [-0.39, 0.29) is 17.5 Å². The number of alkyl halides is 5. The molecule has 4 rings (SSSR count). The van der Waals surface area contributed by atoms with Gasteiger partial charge < -0.3 is 5.32 Å². The lowest BCUT2D eigenvalue weighted by Crippen LogP contribution is -2.16. The molecule has 1 aromatic carbocycles. The number of halogens is 5. The first kappa shape index (κ1) is 17.5. The van der Waals surface area contributed by atoms with Crippen LogP contribution in [0.1, 0.15) is 31.2 Å². The highest BCUT2D eigenvalue weighted by Crippen LogP contribution is 2.67. The van der Waals surface area contributed by atoms with Crippen molar-refractivity contribution < 1.29 is 18.0 Å². The van der Waals surface area contributed by atoms with Crippen molar-refractivity contribution in [2.45, 2.75) is 36.2 Å². The summed E-state index contributed by atoms with van der Waals surface area (Å²) in [7, 11) is 0. The molecule has 1 amide bonds. The second-order valence-electron chi connectivity index (χ2n) is 7.46. The normalized spacial score (nSPS) is 35.6. The average Bonchev–Trinajstić information content (AvgIpc) is 3.31. The number of hydrogen-bond acceptors (Lipinski definition) is 1. The fraction of sp³-hybridized carbons (Fsp3) is 0.611. The van der Waals surface area contributed by atoms with E-state index in [2.05, 4.69) is 5.32 Å². The molecule has 0 aromatic heterocycles. The van der Waals surface area contributed by atoms with Crippen molar-refractivity contribution in [3.05, 3.63) is 29.8 Å². The van der Waals surface area contributed by atoms with Gasteiger partial charge in [0.2, 0.25) is 5.91 Å². The summed E-state index contributed by atoms with van der Waals surface area (Å²) in [6.07, 6.45) is -0.749. The van der Waals surface area contributed by atoms with Crippen LogP contribution in [0.15, 0.2) is 24.3 Å². The van der Waals surface area contributed by atoms with Crippen molar-refractivity contribution in [2.75, 3.05) is 5.32 Å². The molecule has 4 atom stereocenters. The van der Waals surface area contributed by atoms with Gasteiger partial charge in [-0.2, -0.15) is 13.2 Å². The van der Waals surface area contributed by atoms with Crippen LogP contribution in [-0.4, -0.2) is 10.2 Å². The van der Waals surface area contributed by atoms with Gasteiger partial charge in [-0.15, -0.1) is 23.2 Å². The van der Waals surface area contributed by atoms with Crippen molar-refractivity contribution in [1.29, 1.82) is 0 Å². The number of rotatable bonds is 2. The van der Waals surface area contributed by atoms with Gasteiger partial charge in [-0.05, 0) is 67.6 Å². The third kappa shape index (κ3) is 3.14. The van der Waals surface area contributed by atoms with Crippen molar-refractivity contribution in [1.82, 2.24) is 0 Å². The number of hydrogen-bond donors (Lipinski definition) is 1. The van der Waals surface area contributed by atoms with Gasteiger partial charge in [0.15, 0.2) is 0 Å². The summed E-state index contributed by atoms with van der Waals surface area (Å²) in [5.41, 5.74) is -0.560. The molecule has 3 fully saturated rings. The number of nitrogens with one attached hydrogen (secondary N) is 1. The molecule has 3 aliphatic carbocycles. The number of carbonyl (C=O) groups is 1. The van der Waals surface area contributed by atoms with Gasteiger partial charge in [0.05, 0.1) is 5.56 Å². The van der Waals surface area contributed by atoms with E-state index >= 15 is 0 Å².